The van der Waals surface area contributed by atoms with Crippen LogP contribution in [0.15, 0.2) is 78.9 Å². The predicted molar refractivity (Wildman–Crippen MR) is 132 cm³/mol. The second-order valence-electron chi connectivity index (χ2n) is 8.36. The molecule has 7 heteroatoms. The molecule has 0 radical (unpaired) electrons. The number of anilines is 1. The van der Waals surface area contributed by atoms with Crippen LogP contribution in [0.2, 0.25) is 0 Å². The summed E-state index contributed by atoms with van der Waals surface area (Å²) in [6.45, 7) is 1.96. The van der Waals surface area contributed by atoms with Crippen LogP contribution in [0.3, 0.4) is 0 Å². The molecule has 5 rings (SSSR count). The normalized spacial score (nSPS) is 12.2. The van der Waals surface area contributed by atoms with Gasteiger partial charge in [0.25, 0.3) is 5.91 Å². The Hall–Kier alpha value is -4.26. The number of hydrogen-bond acceptors (Lipinski definition) is 4. The van der Waals surface area contributed by atoms with Crippen LogP contribution in [0.25, 0.3) is 27.9 Å². The Bertz CT molecular complexity index is 1500. The van der Waals surface area contributed by atoms with Gasteiger partial charge < -0.3 is 11.1 Å². The first kappa shape index (κ1) is 21.6. The van der Waals surface area contributed by atoms with Gasteiger partial charge in [-0.15, -0.1) is 0 Å². The average Bonchev–Trinajstić information content (AvgIpc) is 3.12. The van der Waals surface area contributed by atoms with E-state index in [0.29, 0.717) is 27.9 Å². The highest BCUT2D eigenvalue weighted by atomic mass is 19.1. The van der Waals surface area contributed by atoms with Gasteiger partial charge in [0.05, 0.1) is 16.7 Å². The molecule has 0 fully saturated rings. The molecule has 2 heterocycles. The van der Waals surface area contributed by atoms with E-state index >= 15 is 0 Å². The maximum Gasteiger partial charge on any atom is 0.257 e. The fourth-order valence-electron chi connectivity index (χ4n) is 4.16. The van der Waals surface area contributed by atoms with Gasteiger partial charge in [0.1, 0.15) is 22.7 Å². The van der Waals surface area contributed by atoms with Crippen molar-refractivity contribution in [1.82, 2.24) is 19.9 Å². The van der Waals surface area contributed by atoms with Gasteiger partial charge in [0, 0.05) is 6.04 Å². The second kappa shape index (κ2) is 8.94. The molecule has 0 spiro atoms. The first-order chi connectivity index (χ1) is 16.5. The number of carbonyl (C=O) groups excluding carboxylic acids is 1. The van der Waals surface area contributed by atoms with Crippen molar-refractivity contribution >= 4 is 33.9 Å². The van der Waals surface area contributed by atoms with Crippen molar-refractivity contribution in [3.63, 3.8) is 0 Å². The first-order valence-electron chi connectivity index (χ1n) is 11.2. The summed E-state index contributed by atoms with van der Waals surface area (Å²) in [7, 11) is 0. The van der Waals surface area contributed by atoms with Crippen LogP contribution in [-0.4, -0.2) is 26.5 Å². The highest BCUT2D eigenvalue weighted by Gasteiger charge is 2.25. The number of fused-ring (bicyclic) bond motifs is 2. The molecule has 1 amide bonds. The topological polar surface area (TPSA) is 85.8 Å². The zero-order valence-electron chi connectivity index (χ0n) is 18.7. The van der Waals surface area contributed by atoms with Crippen LogP contribution >= 0.6 is 0 Å². The summed E-state index contributed by atoms with van der Waals surface area (Å²) in [6.07, 6.45) is 1.61. The van der Waals surface area contributed by atoms with E-state index in [4.69, 9.17) is 15.7 Å². The van der Waals surface area contributed by atoms with E-state index < -0.39 is 5.82 Å². The van der Waals surface area contributed by atoms with Gasteiger partial charge >= 0.3 is 0 Å². The quantitative estimate of drug-likeness (QED) is 0.377. The Kier molecular flexibility index (Phi) is 5.67. The average molecular weight is 454 g/mol. The van der Waals surface area contributed by atoms with Crippen molar-refractivity contribution < 1.29 is 9.18 Å². The number of amides is 1. The standard InChI is InChI=1S/C27H24FN5O/c1-17(14-15-18-8-3-2-4-9-18)30-27(34)23-24-26(32-22-13-6-5-12-21(22)31-24)33(25(23)29)20-11-7-10-19(28)16-20/h2-13,16-17H,14-15,29H2,1H3,(H,30,34). The van der Waals surface area contributed by atoms with E-state index in [0.717, 1.165) is 12.8 Å². The van der Waals surface area contributed by atoms with Crippen molar-refractivity contribution in [2.24, 2.45) is 0 Å². The zero-order valence-corrected chi connectivity index (χ0v) is 18.7. The summed E-state index contributed by atoms with van der Waals surface area (Å²) in [5, 5.41) is 3.05. The molecule has 0 aliphatic heterocycles. The lowest BCUT2D eigenvalue weighted by Crippen LogP contribution is -2.33. The summed E-state index contributed by atoms with van der Waals surface area (Å²) in [5.74, 6) is -0.570. The highest BCUT2D eigenvalue weighted by molar-refractivity contribution is 6.11. The van der Waals surface area contributed by atoms with Crippen LogP contribution in [0.4, 0.5) is 10.2 Å². The fraction of sp³-hybridized carbons (Fsp3) is 0.148. The van der Waals surface area contributed by atoms with E-state index in [1.165, 1.54) is 17.7 Å². The molecule has 0 saturated heterocycles. The number of aryl methyl sites for hydroxylation is 1. The molecule has 3 N–H and O–H groups in total. The third-order valence-corrected chi connectivity index (χ3v) is 5.88. The predicted octanol–water partition coefficient (Wildman–Crippen LogP) is 5.05. The Labute approximate surface area is 196 Å². The van der Waals surface area contributed by atoms with Crippen molar-refractivity contribution in [3.8, 4) is 5.69 Å². The van der Waals surface area contributed by atoms with E-state index in [-0.39, 0.29) is 23.3 Å². The largest absolute Gasteiger partial charge is 0.384 e. The number of rotatable bonds is 6. The zero-order chi connectivity index (χ0) is 23.7. The van der Waals surface area contributed by atoms with Crippen LogP contribution in [0, 0.1) is 5.82 Å². The Morgan fingerprint density at radius 1 is 1.00 bits per heavy atom. The van der Waals surface area contributed by atoms with Gasteiger partial charge in [-0.1, -0.05) is 48.5 Å². The van der Waals surface area contributed by atoms with Gasteiger partial charge in [-0.05, 0) is 55.7 Å². The minimum atomic E-state index is -0.409. The number of nitrogen functional groups attached to an aromatic ring is 1. The van der Waals surface area contributed by atoms with Crippen molar-refractivity contribution in [2.75, 3.05) is 5.73 Å². The molecule has 34 heavy (non-hydrogen) atoms. The maximum absolute atomic E-state index is 14.0. The number of benzene rings is 3. The monoisotopic (exact) mass is 453 g/mol. The van der Waals surface area contributed by atoms with E-state index in [1.807, 2.05) is 49.4 Å². The van der Waals surface area contributed by atoms with Gasteiger partial charge in [0.2, 0.25) is 0 Å². The summed E-state index contributed by atoms with van der Waals surface area (Å²) in [5.41, 5.74) is 10.5. The Morgan fingerprint density at radius 3 is 2.44 bits per heavy atom. The third-order valence-electron chi connectivity index (χ3n) is 5.88. The van der Waals surface area contributed by atoms with Gasteiger partial charge in [-0.3, -0.25) is 9.36 Å². The summed E-state index contributed by atoms with van der Waals surface area (Å²) >= 11 is 0. The number of aromatic nitrogens is 3. The fourth-order valence-corrected chi connectivity index (χ4v) is 4.16. The number of nitrogens with one attached hydrogen (secondary N) is 1. The van der Waals surface area contributed by atoms with E-state index in [2.05, 4.69) is 17.4 Å². The molecule has 2 aromatic heterocycles. The minimum absolute atomic E-state index is 0.0897. The lowest BCUT2D eigenvalue weighted by molar-refractivity contribution is 0.0941. The number of para-hydroxylation sites is 2. The van der Waals surface area contributed by atoms with Crippen LogP contribution < -0.4 is 11.1 Å². The number of nitrogens with two attached hydrogens (primary N) is 1. The first-order valence-corrected chi connectivity index (χ1v) is 11.2. The summed E-state index contributed by atoms with van der Waals surface area (Å²) in [6, 6.07) is 23.5. The third kappa shape index (κ3) is 4.08. The summed E-state index contributed by atoms with van der Waals surface area (Å²) in [4.78, 5) is 22.8. The molecule has 6 nitrogen and oxygen atoms in total. The molecule has 1 atom stereocenters. The van der Waals surface area contributed by atoms with Crippen molar-refractivity contribution in [3.05, 3.63) is 95.8 Å². The van der Waals surface area contributed by atoms with Crippen LogP contribution in [-0.2, 0) is 6.42 Å². The lowest BCUT2D eigenvalue weighted by Gasteiger charge is -2.14. The van der Waals surface area contributed by atoms with Crippen LogP contribution in [0.1, 0.15) is 29.3 Å². The molecule has 170 valence electrons. The lowest BCUT2D eigenvalue weighted by atomic mass is 10.1. The molecular formula is C27H24FN5O. The summed E-state index contributed by atoms with van der Waals surface area (Å²) < 4.78 is 15.6. The smallest absolute Gasteiger partial charge is 0.257 e. The molecular weight excluding hydrogens is 429 g/mol. The number of nitrogens with zero attached hydrogens (tertiary/aromatic N) is 3. The van der Waals surface area contributed by atoms with Gasteiger partial charge in [-0.25, -0.2) is 14.4 Å². The molecule has 3 aromatic carbocycles. The van der Waals surface area contributed by atoms with Crippen LogP contribution in [0.5, 0.6) is 0 Å². The molecule has 0 aliphatic carbocycles. The molecule has 5 aromatic rings. The molecule has 0 aliphatic rings. The Morgan fingerprint density at radius 2 is 1.71 bits per heavy atom. The number of carbonyl (C=O) groups is 1. The van der Waals surface area contributed by atoms with Crippen molar-refractivity contribution in [1.29, 1.82) is 0 Å². The van der Waals surface area contributed by atoms with Crippen molar-refractivity contribution in [2.45, 2.75) is 25.8 Å². The maximum atomic E-state index is 14.0. The van der Waals surface area contributed by atoms with E-state index in [1.54, 1.807) is 16.7 Å². The van der Waals surface area contributed by atoms with Gasteiger partial charge in [0.15, 0.2) is 5.65 Å². The van der Waals surface area contributed by atoms with Gasteiger partial charge in [-0.2, -0.15) is 0 Å². The number of hydrogen-bond donors (Lipinski definition) is 2. The molecule has 1 unspecified atom stereocenters. The number of halogens is 1. The highest BCUT2D eigenvalue weighted by Crippen LogP contribution is 2.31. The van der Waals surface area contributed by atoms with E-state index in [9.17, 15) is 9.18 Å². The second-order valence-corrected chi connectivity index (χ2v) is 8.36. The molecule has 0 bridgehead atoms. The SMILES string of the molecule is CC(CCc1ccccc1)NC(=O)c1c(N)n(-c2cccc(F)c2)c2nc3ccccc3nc12. The minimum Gasteiger partial charge on any atom is -0.384 e. The molecule has 0 saturated carbocycles. The Balaban J connectivity index is 1.55.